The first-order chi connectivity index (χ1) is 7.58. The molecular formula is C11H21NO4. The predicted octanol–water partition coefficient (Wildman–Crippen LogP) is 1.18. The molecule has 0 amide bonds. The van der Waals surface area contributed by atoms with Crippen LogP contribution in [0.2, 0.25) is 0 Å². The summed E-state index contributed by atoms with van der Waals surface area (Å²) in [6, 6.07) is 0. The second-order valence-corrected chi connectivity index (χ2v) is 3.04. The van der Waals surface area contributed by atoms with Crippen molar-refractivity contribution in [2.45, 2.75) is 34.0 Å². The average molecular weight is 231 g/mol. The quantitative estimate of drug-likeness (QED) is 0.405. The van der Waals surface area contributed by atoms with Gasteiger partial charge in [-0.15, -0.1) is 0 Å². The highest BCUT2D eigenvalue weighted by Crippen LogP contribution is 2.10. The molecule has 0 atom stereocenters. The van der Waals surface area contributed by atoms with Crippen molar-refractivity contribution in [3.05, 3.63) is 11.3 Å². The van der Waals surface area contributed by atoms with Crippen LogP contribution < -0.4 is 5.73 Å². The summed E-state index contributed by atoms with van der Waals surface area (Å²) in [6.45, 7) is 8.24. The van der Waals surface area contributed by atoms with Crippen LogP contribution in [-0.2, 0) is 19.0 Å². The third-order valence-electron chi connectivity index (χ3n) is 1.90. The molecule has 94 valence electrons. The van der Waals surface area contributed by atoms with Crippen molar-refractivity contribution in [1.29, 1.82) is 0 Å². The van der Waals surface area contributed by atoms with Gasteiger partial charge in [0.15, 0.2) is 6.29 Å². The topological polar surface area (TPSA) is 70.8 Å². The van der Waals surface area contributed by atoms with Gasteiger partial charge in [0.05, 0.1) is 17.9 Å². The van der Waals surface area contributed by atoms with Crippen LogP contribution in [0.25, 0.3) is 0 Å². The standard InChI is InChI=1S/C11H21NO4/c1-5-14-10(13)8(4)9(12)11(15-6-2)16-7-3/h11H,5-7,12H2,1-4H3/b9-8-. The summed E-state index contributed by atoms with van der Waals surface area (Å²) in [5.41, 5.74) is 6.39. The minimum absolute atomic E-state index is 0.266. The minimum Gasteiger partial charge on any atom is -0.463 e. The van der Waals surface area contributed by atoms with Crippen LogP contribution in [0, 0.1) is 0 Å². The summed E-state index contributed by atoms with van der Waals surface area (Å²) in [4.78, 5) is 11.4. The van der Waals surface area contributed by atoms with Crippen LogP contribution in [-0.4, -0.2) is 32.1 Å². The molecule has 0 saturated carbocycles. The van der Waals surface area contributed by atoms with Crippen LogP contribution in [0.15, 0.2) is 11.3 Å². The molecule has 0 spiro atoms. The Bertz CT molecular complexity index is 244. The molecule has 0 aliphatic rings. The zero-order chi connectivity index (χ0) is 12.6. The van der Waals surface area contributed by atoms with Crippen molar-refractivity contribution >= 4 is 5.97 Å². The molecule has 16 heavy (non-hydrogen) atoms. The third kappa shape index (κ3) is 4.63. The summed E-state index contributed by atoms with van der Waals surface area (Å²) in [7, 11) is 0. The van der Waals surface area contributed by atoms with Gasteiger partial charge in [0.2, 0.25) is 0 Å². The normalized spacial score (nSPS) is 12.6. The molecule has 0 fully saturated rings. The Morgan fingerprint density at radius 1 is 1.12 bits per heavy atom. The van der Waals surface area contributed by atoms with Crippen molar-refractivity contribution in [3.63, 3.8) is 0 Å². The summed E-state index contributed by atoms with van der Waals surface area (Å²) in [5, 5.41) is 0. The molecule has 0 aromatic rings. The third-order valence-corrected chi connectivity index (χ3v) is 1.90. The first-order valence-electron chi connectivity index (χ1n) is 5.44. The summed E-state index contributed by atoms with van der Waals surface area (Å²) in [6.07, 6.45) is -0.681. The Morgan fingerprint density at radius 3 is 2.00 bits per heavy atom. The highest BCUT2D eigenvalue weighted by atomic mass is 16.7. The molecule has 0 aromatic carbocycles. The van der Waals surface area contributed by atoms with E-state index < -0.39 is 12.3 Å². The Hall–Kier alpha value is -1.07. The number of nitrogens with two attached hydrogens (primary N) is 1. The Balaban J connectivity index is 4.71. The maximum atomic E-state index is 11.4. The number of ether oxygens (including phenoxy) is 3. The number of esters is 1. The number of hydrogen-bond donors (Lipinski definition) is 1. The van der Waals surface area contributed by atoms with Gasteiger partial charge in [-0.05, 0) is 27.7 Å². The minimum atomic E-state index is -0.681. The lowest BCUT2D eigenvalue weighted by Crippen LogP contribution is -2.28. The maximum absolute atomic E-state index is 11.4. The van der Waals surface area contributed by atoms with E-state index in [1.165, 1.54) is 0 Å². The highest BCUT2D eigenvalue weighted by molar-refractivity contribution is 5.88. The second kappa shape index (κ2) is 8.13. The molecule has 0 bridgehead atoms. The number of carbonyl (C=O) groups is 1. The summed E-state index contributed by atoms with van der Waals surface area (Å²) < 4.78 is 15.4. The van der Waals surface area contributed by atoms with Crippen molar-refractivity contribution in [2.75, 3.05) is 19.8 Å². The van der Waals surface area contributed by atoms with Gasteiger partial charge in [0, 0.05) is 13.2 Å². The number of carbonyl (C=O) groups excluding carboxylic acids is 1. The zero-order valence-corrected chi connectivity index (χ0v) is 10.4. The fourth-order valence-electron chi connectivity index (χ4n) is 1.06. The second-order valence-electron chi connectivity index (χ2n) is 3.04. The van der Waals surface area contributed by atoms with Gasteiger partial charge in [-0.2, -0.15) is 0 Å². The molecular weight excluding hydrogens is 210 g/mol. The van der Waals surface area contributed by atoms with Gasteiger partial charge < -0.3 is 19.9 Å². The van der Waals surface area contributed by atoms with E-state index in [-0.39, 0.29) is 5.70 Å². The van der Waals surface area contributed by atoms with E-state index in [0.29, 0.717) is 25.4 Å². The SMILES string of the molecule is CCOC(=O)/C(C)=C(\N)C(OCC)OCC. The molecule has 0 aliphatic carbocycles. The molecule has 0 heterocycles. The number of rotatable bonds is 7. The summed E-state index contributed by atoms with van der Waals surface area (Å²) in [5.74, 6) is -0.440. The van der Waals surface area contributed by atoms with Crippen LogP contribution in [0.4, 0.5) is 0 Å². The Morgan fingerprint density at radius 2 is 1.62 bits per heavy atom. The average Bonchev–Trinajstić information content (AvgIpc) is 2.27. The van der Waals surface area contributed by atoms with Crippen molar-refractivity contribution in [3.8, 4) is 0 Å². The van der Waals surface area contributed by atoms with Crippen LogP contribution in [0.3, 0.4) is 0 Å². The molecule has 5 nitrogen and oxygen atoms in total. The van der Waals surface area contributed by atoms with Gasteiger partial charge in [-0.1, -0.05) is 0 Å². The van der Waals surface area contributed by atoms with E-state index in [1.807, 2.05) is 13.8 Å². The van der Waals surface area contributed by atoms with E-state index in [4.69, 9.17) is 19.9 Å². The Labute approximate surface area is 96.5 Å². The van der Waals surface area contributed by atoms with E-state index in [9.17, 15) is 4.79 Å². The lowest BCUT2D eigenvalue weighted by molar-refractivity contribution is -0.139. The van der Waals surface area contributed by atoms with Crippen molar-refractivity contribution in [2.24, 2.45) is 5.73 Å². The lowest BCUT2D eigenvalue weighted by Gasteiger charge is -2.18. The van der Waals surface area contributed by atoms with Crippen LogP contribution in [0.5, 0.6) is 0 Å². The lowest BCUT2D eigenvalue weighted by atomic mass is 10.2. The van der Waals surface area contributed by atoms with Crippen LogP contribution in [0.1, 0.15) is 27.7 Å². The van der Waals surface area contributed by atoms with E-state index >= 15 is 0 Å². The smallest absolute Gasteiger partial charge is 0.335 e. The molecule has 0 radical (unpaired) electrons. The largest absolute Gasteiger partial charge is 0.463 e. The van der Waals surface area contributed by atoms with Gasteiger partial charge in [0.1, 0.15) is 0 Å². The van der Waals surface area contributed by atoms with Crippen molar-refractivity contribution in [1.82, 2.24) is 0 Å². The fraction of sp³-hybridized carbons (Fsp3) is 0.727. The van der Waals surface area contributed by atoms with E-state index in [0.717, 1.165) is 0 Å². The van der Waals surface area contributed by atoms with Gasteiger partial charge in [0.25, 0.3) is 0 Å². The van der Waals surface area contributed by atoms with E-state index in [1.54, 1.807) is 13.8 Å². The molecule has 0 unspecified atom stereocenters. The first kappa shape index (κ1) is 14.9. The maximum Gasteiger partial charge on any atom is 0.335 e. The van der Waals surface area contributed by atoms with Gasteiger partial charge >= 0.3 is 5.97 Å². The van der Waals surface area contributed by atoms with Gasteiger partial charge in [-0.25, -0.2) is 4.79 Å². The molecule has 0 aliphatic heterocycles. The predicted molar refractivity (Wildman–Crippen MR) is 60.6 cm³/mol. The zero-order valence-electron chi connectivity index (χ0n) is 10.4. The van der Waals surface area contributed by atoms with Crippen molar-refractivity contribution < 1.29 is 19.0 Å². The molecule has 0 rings (SSSR count). The molecule has 2 N–H and O–H groups in total. The number of hydrogen-bond acceptors (Lipinski definition) is 5. The Kier molecular flexibility index (Phi) is 7.58. The highest BCUT2D eigenvalue weighted by Gasteiger charge is 2.18. The molecule has 0 aromatic heterocycles. The van der Waals surface area contributed by atoms with Gasteiger partial charge in [-0.3, -0.25) is 0 Å². The van der Waals surface area contributed by atoms with Crippen LogP contribution >= 0.6 is 0 Å². The molecule has 0 saturated heterocycles. The first-order valence-corrected chi connectivity index (χ1v) is 5.44. The molecule has 5 heteroatoms. The van der Waals surface area contributed by atoms with E-state index in [2.05, 4.69) is 0 Å². The summed E-state index contributed by atoms with van der Waals surface area (Å²) >= 11 is 0. The monoisotopic (exact) mass is 231 g/mol. The fourth-order valence-corrected chi connectivity index (χ4v) is 1.06.